The Morgan fingerprint density at radius 1 is 1.32 bits per heavy atom. The van der Waals surface area contributed by atoms with Crippen LogP contribution in [0, 0.1) is 18.8 Å². The highest BCUT2D eigenvalue weighted by atomic mass is 32.1. The van der Waals surface area contributed by atoms with E-state index in [0.29, 0.717) is 29.4 Å². The number of furan rings is 1. The second-order valence-electron chi connectivity index (χ2n) is 6.93. The van der Waals surface area contributed by atoms with E-state index in [0.717, 1.165) is 30.4 Å². The lowest BCUT2D eigenvalue weighted by molar-refractivity contribution is 0.355. The van der Waals surface area contributed by atoms with Crippen molar-refractivity contribution in [2.45, 2.75) is 33.7 Å². The summed E-state index contributed by atoms with van der Waals surface area (Å²) in [6, 6.07) is 5.79. The van der Waals surface area contributed by atoms with Crippen LogP contribution in [-0.2, 0) is 6.54 Å². The molecule has 1 aliphatic heterocycles. The van der Waals surface area contributed by atoms with Crippen LogP contribution in [0.5, 0.6) is 0 Å². The van der Waals surface area contributed by atoms with Crippen LogP contribution in [0.4, 0.5) is 11.8 Å². The quantitative estimate of drug-likeness (QED) is 0.812. The number of hydrogen-bond acceptors (Lipinski definition) is 5. The zero-order valence-corrected chi connectivity index (χ0v) is 15.8. The molecule has 0 radical (unpaired) electrons. The number of piperidine rings is 1. The van der Waals surface area contributed by atoms with Gasteiger partial charge in [0, 0.05) is 24.8 Å². The number of nitrogens with one attached hydrogen (secondary N) is 2. The molecule has 1 fully saturated rings. The first-order valence-corrected chi connectivity index (χ1v) is 9.08. The van der Waals surface area contributed by atoms with Gasteiger partial charge >= 0.3 is 0 Å². The molecule has 1 saturated heterocycles. The summed E-state index contributed by atoms with van der Waals surface area (Å²) in [7, 11) is 0. The maximum atomic E-state index is 5.33. The predicted molar refractivity (Wildman–Crippen MR) is 104 cm³/mol. The number of thiocarbonyl (C=S) groups is 1. The van der Waals surface area contributed by atoms with Gasteiger partial charge in [-0.25, -0.2) is 4.98 Å². The van der Waals surface area contributed by atoms with Gasteiger partial charge in [-0.2, -0.15) is 4.98 Å². The van der Waals surface area contributed by atoms with E-state index in [9.17, 15) is 0 Å². The van der Waals surface area contributed by atoms with Crippen molar-refractivity contribution in [3.05, 3.63) is 35.9 Å². The fourth-order valence-corrected chi connectivity index (χ4v) is 3.51. The van der Waals surface area contributed by atoms with E-state index in [1.807, 2.05) is 25.1 Å². The zero-order chi connectivity index (χ0) is 17.8. The van der Waals surface area contributed by atoms with Crippen LogP contribution >= 0.6 is 12.2 Å². The molecule has 7 heteroatoms. The van der Waals surface area contributed by atoms with Crippen molar-refractivity contribution in [3.63, 3.8) is 0 Å². The number of aromatic nitrogens is 2. The van der Waals surface area contributed by atoms with E-state index < -0.39 is 0 Å². The molecule has 2 aromatic rings. The van der Waals surface area contributed by atoms with Gasteiger partial charge in [0.25, 0.3) is 0 Å². The molecule has 2 atom stereocenters. The minimum absolute atomic E-state index is 0.480. The second-order valence-corrected chi connectivity index (χ2v) is 7.34. The highest BCUT2D eigenvalue weighted by Gasteiger charge is 2.23. The van der Waals surface area contributed by atoms with Crippen LogP contribution in [0.25, 0.3) is 0 Å². The van der Waals surface area contributed by atoms with Crippen molar-refractivity contribution in [2.75, 3.05) is 23.3 Å². The molecule has 2 aromatic heterocycles. The minimum Gasteiger partial charge on any atom is -0.467 e. The Morgan fingerprint density at radius 3 is 2.76 bits per heavy atom. The van der Waals surface area contributed by atoms with E-state index in [2.05, 4.69) is 39.3 Å². The Bertz CT molecular complexity index is 708. The third kappa shape index (κ3) is 4.92. The maximum Gasteiger partial charge on any atom is 0.231 e. The van der Waals surface area contributed by atoms with Gasteiger partial charge in [-0.15, -0.1) is 0 Å². The van der Waals surface area contributed by atoms with Crippen molar-refractivity contribution in [3.8, 4) is 0 Å². The van der Waals surface area contributed by atoms with E-state index in [4.69, 9.17) is 16.6 Å². The van der Waals surface area contributed by atoms with Crippen molar-refractivity contribution in [2.24, 2.45) is 11.8 Å². The van der Waals surface area contributed by atoms with Crippen LogP contribution < -0.4 is 15.5 Å². The second kappa shape index (κ2) is 7.82. The number of nitrogens with zero attached hydrogens (tertiary/aromatic N) is 3. The van der Waals surface area contributed by atoms with Crippen molar-refractivity contribution >= 4 is 29.1 Å². The summed E-state index contributed by atoms with van der Waals surface area (Å²) < 4.78 is 5.28. The number of aryl methyl sites for hydroxylation is 1. The largest absolute Gasteiger partial charge is 0.467 e. The normalized spacial score (nSPS) is 20.4. The molecule has 0 unspecified atom stereocenters. The summed E-state index contributed by atoms with van der Waals surface area (Å²) in [5.41, 5.74) is 0.923. The van der Waals surface area contributed by atoms with Gasteiger partial charge in [0.05, 0.1) is 12.8 Å². The van der Waals surface area contributed by atoms with Gasteiger partial charge in [0.15, 0.2) is 5.11 Å². The van der Waals surface area contributed by atoms with Crippen molar-refractivity contribution in [1.29, 1.82) is 0 Å². The topological polar surface area (TPSA) is 66.2 Å². The average Bonchev–Trinajstić information content (AvgIpc) is 3.05. The van der Waals surface area contributed by atoms with Crippen molar-refractivity contribution < 1.29 is 4.42 Å². The highest BCUT2D eigenvalue weighted by molar-refractivity contribution is 7.80. The van der Waals surface area contributed by atoms with Gasteiger partial charge in [-0.1, -0.05) is 13.8 Å². The van der Waals surface area contributed by atoms with E-state index in [1.54, 1.807) is 6.26 Å². The molecule has 0 aliphatic carbocycles. The molecule has 0 saturated carbocycles. The Balaban J connectivity index is 1.65. The Kier molecular flexibility index (Phi) is 5.53. The molecule has 6 nitrogen and oxygen atoms in total. The van der Waals surface area contributed by atoms with Gasteiger partial charge in [0.2, 0.25) is 5.95 Å². The molecular weight excluding hydrogens is 334 g/mol. The van der Waals surface area contributed by atoms with Gasteiger partial charge in [-0.3, -0.25) is 0 Å². The molecule has 0 amide bonds. The lowest BCUT2D eigenvalue weighted by Crippen LogP contribution is -2.39. The first kappa shape index (κ1) is 17.7. The molecule has 2 N–H and O–H groups in total. The Hall–Kier alpha value is -2.15. The number of hydrogen-bond donors (Lipinski definition) is 2. The molecule has 1 aliphatic rings. The standard InChI is InChI=1S/C18H25N5OS/c1-12-7-13(2)11-23(10-12)16-8-14(3)20-17(21-16)22-18(25)19-9-15-5-4-6-24-15/h4-6,8,12-13H,7,9-11H2,1-3H3,(H2,19,20,21,22,25)/t12-,13-/m1/s1. The summed E-state index contributed by atoms with van der Waals surface area (Å²) in [4.78, 5) is 11.5. The molecule has 0 spiro atoms. The minimum atomic E-state index is 0.480. The van der Waals surface area contributed by atoms with Crippen LogP contribution in [0.3, 0.4) is 0 Å². The Morgan fingerprint density at radius 2 is 2.08 bits per heavy atom. The third-order valence-corrected chi connectivity index (χ3v) is 4.51. The van der Waals surface area contributed by atoms with Crippen LogP contribution in [0.1, 0.15) is 31.7 Å². The summed E-state index contributed by atoms with van der Waals surface area (Å²) >= 11 is 5.33. The Labute approximate surface area is 154 Å². The van der Waals surface area contributed by atoms with Crippen LogP contribution in [0.15, 0.2) is 28.9 Å². The summed E-state index contributed by atoms with van der Waals surface area (Å²) in [6.07, 6.45) is 2.91. The van der Waals surface area contributed by atoms with Crippen LogP contribution in [0.2, 0.25) is 0 Å². The first-order chi connectivity index (χ1) is 12.0. The smallest absolute Gasteiger partial charge is 0.231 e. The maximum absolute atomic E-state index is 5.33. The van der Waals surface area contributed by atoms with E-state index in [1.165, 1.54) is 6.42 Å². The zero-order valence-electron chi connectivity index (χ0n) is 15.0. The molecular formula is C18H25N5OS. The lowest BCUT2D eigenvalue weighted by atomic mass is 9.92. The van der Waals surface area contributed by atoms with Crippen LogP contribution in [-0.4, -0.2) is 28.2 Å². The van der Waals surface area contributed by atoms with Gasteiger partial charge in [-0.05, 0) is 49.5 Å². The SMILES string of the molecule is Cc1cc(N2C[C@H](C)C[C@@H](C)C2)nc(NC(=S)NCc2ccco2)n1. The fourth-order valence-electron chi connectivity index (χ4n) is 3.35. The lowest BCUT2D eigenvalue weighted by Gasteiger charge is -2.36. The van der Waals surface area contributed by atoms with E-state index >= 15 is 0 Å². The highest BCUT2D eigenvalue weighted by Crippen LogP contribution is 2.25. The van der Waals surface area contributed by atoms with Crippen molar-refractivity contribution in [1.82, 2.24) is 15.3 Å². The molecule has 0 bridgehead atoms. The van der Waals surface area contributed by atoms with Gasteiger partial charge < -0.3 is 20.0 Å². The average molecular weight is 359 g/mol. The molecule has 3 heterocycles. The monoisotopic (exact) mass is 359 g/mol. The predicted octanol–water partition coefficient (Wildman–Crippen LogP) is 3.35. The molecule has 134 valence electrons. The fraction of sp³-hybridized carbons (Fsp3) is 0.500. The first-order valence-electron chi connectivity index (χ1n) is 8.67. The number of rotatable bonds is 4. The van der Waals surface area contributed by atoms with Gasteiger partial charge in [0.1, 0.15) is 11.6 Å². The summed E-state index contributed by atoms with van der Waals surface area (Å²) in [5, 5.41) is 6.66. The summed E-state index contributed by atoms with van der Waals surface area (Å²) in [5.74, 6) is 3.66. The molecule has 3 rings (SSSR count). The molecule has 0 aromatic carbocycles. The number of anilines is 2. The summed E-state index contributed by atoms with van der Waals surface area (Å²) in [6.45, 7) is 9.15. The third-order valence-electron chi connectivity index (χ3n) is 4.26. The van der Waals surface area contributed by atoms with E-state index in [-0.39, 0.29) is 0 Å². The molecule has 25 heavy (non-hydrogen) atoms.